The number of imide groups is 1. The van der Waals surface area contributed by atoms with E-state index in [9.17, 15) is 14.4 Å². The maximum atomic E-state index is 13.9. The van der Waals surface area contributed by atoms with E-state index in [2.05, 4.69) is 10.3 Å². The van der Waals surface area contributed by atoms with Gasteiger partial charge in [0.1, 0.15) is 0 Å². The lowest BCUT2D eigenvalue weighted by Crippen LogP contribution is -2.54. The molecular weight excluding hydrogens is 472 g/mol. The molecule has 7 nitrogen and oxygen atoms in total. The number of aromatic nitrogens is 1. The minimum Gasteiger partial charge on any atom is -0.339 e. The van der Waals surface area contributed by atoms with Crippen LogP contribution in [0.2, 0.25) is 5.02 Å². The summed E-state index contributed by atoms with van der Waals surface area (Å²) in [5.74, 6) is -0.530. The molecule has 1 aromatic carbocycles. The van der Waals surface area contributed by atoms with Gasteiger partial charge in [-0.2, -0.15) is 11.3 Å². The van der Waals surface area contributed by atoms with Crippen LogP contribution >= 0.6 is 22.9 Å². The molecule has 0 bridgehead atoms. The van der Waals surface area contributed by atoms with E-state index >= 15 is 0 Å². The van der Waals surface area contributed by atoms with Crippen LogP contribution < -0.4 is 5.32 Å². The summed E-state index contributed by atoms with van der Waals surface area (Å²) in [6.07, 6.45) is 4.43. The number of nitrogens with one attached hydrogen (secondary N) is 1. The van der Waals surface area contributed by atoms with Crippen LogP contribution in [0.15, 0.2) is 65.6 Å². The Morgan fingerprint density at radius 2 is 2.00 bits per heavy atom. The van der Waals surface area contributed by atoms with E-state index in [1.165, 1.54) is 16.2 Å². The van der Waals surface area contributed by atoms with Crippen molar-refractivity contribution >= 4 is 40.8 Å². The first-order chi connectivity index (χ1) is 16.5. The van der Waals surface area contributed by atoms with Gasteiger partial charge in [0.15, 0.2) is 5.54 Å². The Balaban J connectivity index is 1.40. The highest BCUT2D eigenvalue weighted by atomic mass is 35.5. The van der Waals surface area contributed by atoms with Gasteiger partial charge in [0.25, 0.3) is 11.8 Å². The number of carbonyl (C=O) groups is 3. The number of nitrogens with zero attached hydrogens (tertiary/aromatic N) is 3. The first-order valence-corrected chi connectivity index (χ1v) is 12.4. The lowest BCUT2D eigenvalue weighted by molar-refractivity contribution is -0.134. The molecule has 34 heavy (non-hydrogen) atoms. The third-order valence-corrected chi connectivity index (χ3v) is 7.60. The van der Waals surface area contributed by atoms with Gasteiger partial charge in [-0.15, -0.1) is 0 Å². The number of hydrogen-bond acceptors (Lipinski definition) is 5. The highest BCUT2D eigenvalue weighted by Crippen LogP contribution is 2.41. The molecule has 9 heteroatoms. The predicted octanol–water partition coefficient (Wildman–Crippen LogP) is 4.30. The minimum atomic E-state index is -1.20. The highest BCUT2D eigenvalue weighted by molar-refractivity contribution is 7.07. The van der Waals surface area contributed by atoms with Gasteiger partial charge < -0.3 is 10.2 Å². The van der Waals surface area contributed by atoms with Crippen LogP contribution in [0.5, 0.6) is 0 Å². The summed E-state index contributed by atoms with van der Waals surface area (Å²) >= 11 is 7.59. The third kappa shape index (κ3) is 3.97. The molecule has 2 aliphatic rings. The fourth-order valence-corrected chi connectivity index (χ4v) is 5.78. The minimum absolute atomic E-state index is 0.0859. The summed E-state index contributed by atoms with van der Waals surface area (Å²) in [6.45, 7) is 1.18. The van der Waals surface area contributed by atoms with Gasteiger partial charge in [-0.1, -0.05) is 23.7 Å². The maximum absolute atomic E-state index is 13.9. The van der Waals surface area contributed by atoms with Crippen molar-refractivity contribution in [3.63, 3.8) is 0 Å². The quantitative estimate of drug-likeness (QED) is 0.536. The Hall–Kier alpha value is -3.23. The molecule has 2 aromatic heterocycles. The van der Waals surface area contributed by atoms with Crippen molar-refractivity contribution in [2.24, 2.45) is 5.92 Å². The number of amides is 4. The number of piperidine rings is 1. The molecule has 4 amide bonds. The summed E-state index contributed by atoms with van der Waals surface area (Å²) in [5, 5.41) is 7.40. The van der Waals surface area contributed by atoms with Crippen LogP contribution in [0.4, 0.5) is 4.79 Å². The van der Waals surface area contributed by atoms with Crippen molar-refractivity contribution in [3.8, 4) is 0 Å². The fraction of sp³-hybridized carbons (Fsp3) is 0.280. The zero-order chi connectivity index (χ0) is 23.7. The molecule has 2 saturated heterocycles. The van der Waals surface area contributed by atoms with Crippen molar-refractivity contribution in [3.05, 3.63) is 87.3 Å². The molecular formula is C25H23ClN4O3S. The van der Waals surface area contributed by atoms with Crippen molar-refractivity contribution in [1.29, 1.82) is 0 Å². The largest absolute Gasteiger partial charge is 0.339 e. The molecule has 2 fully saturated rings. The van der Waals surface area contributed by atoms with Crippen LogP contribution in [-0.2, 0) is 16.9 Å². The maximum Gasteiger partial charge on any atom is 0.325 e. The van der Waals surface area contributed by atoms with Crippen LogP contribution in [-0.4, -0.2) is 45.7 Å². The van der Waals surface area contributed by atoms with Crippen LogP contribution in [0, 0.1) is 5.92 Å². The number of urea groups is 1. The van der Waals surface area contributed by atoms with Crippen molar-refractivity contribution < 1.29 is 14.4 Å². The molecule has 3 aromatic rings. The van der Waals surface area contributed by atoms with Gasteiger partial charge in [-0.25, -0.2) is 4.79 Å². The zero-order valence-electron chi connectivity index (χ0n) is 18.3. The smallest absolute Gasteiger partial charge is 0.325 e. The summed E-state index contributed by atoms with van der Waals surface area (Å²) in [7, 11) is 0. The lowest BCUT2D eigenvalue weighted by Gasteiger charge is -2.41. The summed E-state index contributed by atoms with van der Waals surface area (Å²) < 4.78 is 0. The van der Waals surface area contributed by atoms with E-state index in [1.807, 2.05) is 22.9 Å². The van der Waals surface area contributed by atoms with Crippen LogP contribution in [0.25, 0.3) is 0 Å². The number of hydrogen-bond donors (Lipinski definition) is 1. The zero-order valence-corrected chi connectivity index (χ0v) is 19.9. The molecule has 1 atom stereocenters. The van der Waals surface area contributed by atoms with E-state index in [4.69, 9.17) is 11.6 Å². The Labute approximate surface area is 206 Å². The molecule has 4 heterocycles. The highest BCUT2D eigenvalue weighted by Gasteiger charge is 2.57. The normalized spacial score (nSPS) is 21.1. The molecule has 0 saturated carbocycles. The first kappa shape index (κ1) is 22.6. The van der Waals surface area contributed by atoms with Crippen LogP contribution in [0.3, 0.4) is 0 Å². The van der Waals surface area contributed by atoms with Crippen molar-refractivity contribution in [2.75, 3.05) is 13.1 Å². The topological polar surface area (TPSA) is 82.6 Å². The summed E-state index contributed by atoms with van der Waals surface area (Å²) in [5.41, 5.74) is 0.922. The molecule has 0 unspecified atom stereocenters. The number of halogens is 1. The van der Waals surface area contributed by atoms with Gasteiger partial charge in [-0.05, 0) is 65.4 Å². The Morgan fingerprint density at radius 3 is 2.68 bits per heavy atom. The molecule has 174 valence electrons. The van der Waals surface area contributed by atoms with Gasteiger partial charge in [0, 0.05) is 41.6 Å². The molecule has 1 N–H and O–H groups in total. The van der Waals surface area contributed by atoms with Crippen molar-refractivity contribution in [2.45, 2.75) is 24.9 Å². The first-order valence-electron chi connectivity index (χ1n) is 11.1. The summed E-state index contributed by atoms with van der Waals surface area (Å²) in [6, 6.07) is 12.0. The van der Waals surface area contributed by atoms with Gasteiger partial charge in [-0.3, -0.25) is 19.5 Å². The van der Waals surface area contributed by atoms with Crippen LogP contribution in [0.1, 0.15) is 34.3 Å². The monoisotopic (exact) mass is 494 g/mol. The van der Waals surface area contributed by atoms with E-state index in [-0.39, 0.29) is 24.3 Å². The second-order valence-corrected chi connectivity index (χ2v) is 9.80. The van der Waals surface area contributed by atoms with E-state index in [1.54, 1.807) is 47.6 Å². The number of rotatable bonds is 5. The predicted molar refractivity (Wildman–Crippen MR) is 129 cm³/mol. The van der Waals surface area contributed by atoms with Gasteiger partial charge >= 0.3 is 6.03 Å². The van der Waals surface area contributed by atoms with Gasteiger partial charge in [0.05, 0.1) is 6.54 Å². The Bertz CT molecular complexity index is 1210. The van der Waals surface area contributed by atoms with Crippen molar-refractivity contribution in [1.82, 2.24) is 20.1 Å². The average molecular weight is 495 g/mol. The average Bonchev–Trinajstić information content (AvgIpc) is 3.47. The fourth-order valence-electron chi connectivity index (χ4n) is 4.93. The van der Waals surface area contributed by atoms with E-state index in [0.717, 1.165) is 5.56 Å². The molecule has 0 aliphatic carbocycles. The van der Waals surface area contributed by atoms with E-state index < -0.39 is 11.6 Å². The molecule has 0 spiro atoms. The Morgan fingerprint density at radius 1 is 1.18 bits per heavy atom. The number of likely N-dealkylation sites (tertiary alicyclic amines) is 1. The second-order valence-electron chi connectivity index (χ2n) is 8.58. The SMILES string of the molecule is O=C(c1cccc(Cl)c1)N1CCC([C@]2(c3cccnc3)NC(=O)N(Cc3ccsc3)C2=O)CC1. The third-order valence-electron chi connectivity index (χ3n) is 6.64. The second kappa shape index (κ2) is 9.19. The number of thiophene rings is 1. The Kier molecular flexibility index (Phi) is 6.10. The van der Waals surface area contributed by atoms with Gasteiger partial charge in [0.2, 0.25) is 0 Å². The summed E-state index contributed by atoms with van der Waals surface area (Å²) in [4.78, 5) is 47.2. The number of benzene rings is 1. The number of pyridine rings is 1. The number of carbonyl (C=O) groups excluding carboxylic acids is 3. The molecule has 0 radical (unpaired) electrons. The lowest BCUT2D eigenvalue weighted by atomic mass is 9.73. The molecule has 5 rings (SSSR count). The standard InChI is InChI=1S/C25H23ClN4O3S/c26-21-5-1-3-18(13-21)22(31)29-10-6-19(7-11-29)25(20-4-2-9-27-14-20)23(32)30(24(33)28-25)15-17-8-12-34-16-17/h1-5,8-9,12-14,16,19H,6-7,10-11,15H2,(H,28,33)/t25-/m1/s1. The van der Waals surface area contributed by atoms with E-state index in [0.29, 0.717) is 42.1 Å². The molecule has 2 aliphatic heterocycles.